The highest BCUT2D eigenvalue weighted by molar-refractivity contribution is 7.25. The van der Waals surface area contributed by atoms with Gasteiger partial charge in [0.05, 0.1) is 15.1 Å². The minimum atomic E-state index is -0.383. The molecule has 0 saturated heterocycles. The lowest BCUT2D eigenvalue weighted by Crippen LogP contribution is -1.86. The molecule has 0 aliphatic heterocycles. The third-order valence-corrected chi connectivity index (χ3v) is 3.54. The number of nitrogens with zero attached hydrogens (tertiary/aromatic N) is 2. The van der Waals surface area contributed by atoms with Crippen LogP contribution in [0.5, 0.6) is 0 Å². The van der Waals surface area contributed by atoms with Gasteiger partial charge in [0, 0.05) is 28.4 Å². The third-order valence-electron chi connectivity index (χ3n) is 2.42. The molecular formula is C11H6N2O2S. The van der Waals surface area contributed by atoms with Gasteiger partial charge in [-0.25, -0.2) is 0 Å². The summed E-state index contributed by atoms with van der Waals surface area (Å²) in [5.74, 6) is 0. The maximum Gasteiger partial charge on any atom is 0.270 e. The Balaban J connectivity index is 2.44. The van der Waals surface area contributed by atoms with E-state index in [-0.39, 0.29) is 10.6 Å². The van der Waals surface area contributed by atoms with Crippen molar-refractivity contribution in [1.82, 2.24) is 4.98 Å². The second-order valence-electron chi connectivity index (χ2n) is 3.39. The first-order chi connectivity index (χ1) is 7.75. The van der Waals surface area contributed by atoms with E-state index in [9.17, 15) is 10.1 Å². The fraction of sp³-hybridized carbons (Fsp3) is 0. The molecule has 0 bridgehead atoms. The number of nitro groups is 1. The average molecular weight is 230 g/mol. The van der Waals surface area contributed by atoms with Crippen LogP contribution in [-0.2, 0) is 0 Å². The Morgan fingerprint density at radius 1 is 1.25 bits per heavy atom. The number of fused-ring (bicyclic) bond motifs is 3. The van der Waals surface area contributed by atoms with Crippen LogP contribution in [0.15, 0.2) is 36.5 Å². The number of nitro benzene ring substituents is 1. The van der Waals surface area contributed by atoms with Crippen molar-refractivity contribution in [1.29, 1.82) is 0 Å². The minimum Gasteiger partial charge on any atom is -0.258 e. The largest absolute Gasteiger partial charge is 0.270 e. The normalized spacial score (nSPS) is 11.0. The monoisotopic (exact) mass is 230 g/mol. The molecule has 2 aromatic heterocycles. The number of pyridine rings is 1. The van der Waals surface area contributed by atoms with Crippen LogP contribution >= 0.6 is 11.3 Å². The predicted octanol–water partition coefficient (Wildman–Crippen LogP) is 3.36. The molecule has 2 heterocycles. The van der Waals surface area contributed by atoms with E-state index in [1.165, 1.54) is 6.07 Å². The van der Waals surface area contributed by atoms with Crippen molar-refractivity contribution < 1.29 is 4.92 Å². The second-order valence-corrected chi connectivity index (χ2v) is 4.47. The lowest BCUT2D eigenvalue weighted by atomic mass is 10.2. The number of benzene rings is 1. The Kier molecular flexibility index (Phi) is 1.87. The average Bonchev–Trinajstić information content (AvgIpc) is 2.66. The summed E-state index contributed by atoms with van der Waals surface area (Å²) in [6.07, 6.45) is 1.70. The van der Waals surface area contributed by atoms with Crippen molar-refractivity contribution in [3.8, 4) is 0 Å². The van der Waals surface area contributed by atoms with Crippen molar-refractivity contribution >= 4 is 37.3 Å². The van der Waals surface area contributed by atoms with Gasteiger partial charge >= 0.3 is 0 Å². The maximum absolute atomic E-state index is 10.7. The smallest absolute Gasteiger partial charge is 0.258 e. The summed E-state index contributed by atoms with van der Waals surface area (Å²) in [5.41, 5.74) is 0.948. The zero-order chi connectivity index (χ0) is 11.1. The van der Waals surface area contributed by atoms with Crippen molar-refractivity contribution in [3.63, 3.8) is 0 Å². The van der Waals surface area contributed by atoms with Gasteiger partial charge in [-0.3, -0.25) is 15.1 Å². The molecule has 0 atom stereocenters. The Morgan fingerprint density at radius 2 is 2.12 bits per heavy atom. The van der Waals surface area contributed by atoms with Crippen LogP contribution in [-0.4, -0.2) is 9.91 Å². The van der Waals surface area contributed by atoms with Gasteiger partial charge in [0.2, 0.25) is 0 Å². The van der Waals surface area contributed by atoms with E-state index < -0.39 is 0 Å². The van der Waals surface area contributed by atoms with Gasteiger partial charge < -0.3 is 0 Å². The second kappa shape index (κ2) is 3.24. The Bertz CT molecular complexity index is 705. The molecule has 0 N–H and O–H groups in total. The molecular weight excluding hydrogens is 224 g/mol. The fourth-order valence-electron chi connectivity index (χ4n) is 1.70. The Morgan fingerprint density at radius 3 is 2.94 bits per heavy atom. The molecule has 78 valence electrons. The molecule has 3 aromatic rings. The zero-order valence-electron chi connectivity index (χ0n) is 8.08. The number of rotatable bonds is 1. The quantitative estimate of drug-likeness (QED) is 0.475. The van der Waals surface area contributed by atoms with Crippen molar-refractivity contribution in [2.75, 3.05) is 0 Å². The van der Waals surface area contributed by atoms with E-state index >= 15 is 0 Å². The molecule has 0 amide bonds. The van der Waals surface area contributed by atoms with Crippen LogP contribution in [0.2, 0.25) is 0 Å². The van der Waals surface area contributed by atoms with Gasteiger partial charge in [-0.1, -0.05) is 0 Å². The molecule has 0 radical (unpaired) electrons. The van der Waals surface area contributed by atoms with E-state index in [2.05, 4.69) is 4.98 Å². The van der Waals surface area contributed by atoms with Gasteiger partial charge in [0.15, 0.2) is 0 Å². The number of hydrogen-bond donors (Lipinski definition) is 0. The summed E-state index contributed by atoms with van der Waals surface area (Å²) >= 11 is 1.60. The fourth-order valence-corrected chi connectivity index (χ4v) is 2.74. The topological polar surface area (TPSA) is 56.0 Å². The summed E-state index contributed by atoms with van der Waals surface area (Å²) in [6.45, 7) is 0. The Hall–Kier alpha value is -2.01. The maximum atomic E-state index is 10.7. The highest BCUT2D eigenvalue weighted by Gasteiger charge is 2.10. The van der Waals surface area contributed by atoms with Crippen LogP contribution < -0.4 is 0 Å². The first-order valence-corrected chi connectivity index (χ1v) is 5.49. The van der Waals surface area contributed by atoms with Crippen LogP contribution in [0.4, 0.5) is 5.69 Å². The molecule has 3 rings (SSSR count). The van der Waals surface area contributed by atoms with E-state index in [1.54, 1.807) is 29.7 Å². The van der Waals surface area contributed by atoms with Crippen LogP contribution in [0.25, 0.3) is 20.3 Å². The number of hydrogen-bond acceptors (Lipinski definition) is 4. The summed E-state index contributed by atoms with van der Waals surface area (Å²) in [4.78, 5) is 14.6. The molecule has 4 nitrogen and oxygen atoms in total. The first-order valence-electron chi connectivity index (χ1n) is 4.67. The molecule has 5 heteroatoms. The minimum absolute atomic E-state index is 0.109. The van der Waals surface area contributed by atoms with Gasteiger partial charge in [0.1, 0.15) is 0 Å². The van der Waals surface area contributed by atoms with Crippen molar-refractivity contribution in [2.45, 2.75) is 0 Å². The highest BCUT2D eigenvalue weighted by Crippen LogP contribution is 2.34. The lowest BCUT2D eigenvalue weighted by Gasteiger charge is -1.91. The number of non-ortho nitro benzene ring substituents is 1. The molecule has 16 heavy (non-hydrogen) atoms. The van der Waals surface area contributed by atoms with Crippen LogP contribution in [0.3, 0.4) is 0 Å². The summed E-state index contributed by atoms with van der Waals surface area (Å²) in [5, 5.41) is 11.5. The van der Waals surface area contributed by atoms with Crippen LogP contribution in [0.1, 0.15) is 0 Å². The van der Waals surface area contributed by atoms with Gasteiger partial charge in [0.25, 0.3) is 5.69 Å². The molecule has 0 saturated carbocycles. The molecule has 0 unspecified atom stereocenters. The zero-order valence-corrected chi connectivity index (χ0v) is 8.90. The van der Waals surface area contributed by atoms with E-state index in [0.29, 0.717) is 0 Å². The summed E-state index contributed by atoms with van der Waals surface area (Å²) in [6, 6.07) is 8.73. The van der Waals surface area contributed by atoms with E-state index in [0.717, 1.165) is 20.3 Å². The molecule has 0 spiro atoms. The van der Waals surface area contributed by atoms with Gasteiger partial charge in [-0.05, 0) is 18.2 Å². The third kappa shape index (κ3) is 1.25. The SMILES string of the molecule is O=[N+]([O-])c1ccc2sc3cccnc3c2c1. The van der Waals surface area contributed by atoms with Crippen molar-refractivity contribution in [2.24, 2.45) is 0 Å². The number of thiophene rings is 1. The van der Waals surface area contributed by atoms with Crippen molar-refractivity contribution in [3.05, 3.63) is 46.6 Å². The number of aromatic nitrogens is 1. The Labute approximate surface area is 94.3 Å². The highest BCUT2D eigenvalue weighted by atomic mass is 32.1. The van der Waals surface area contributed by atoms with Gasteiger partial charge in [-0.2, -0.15) is 0 Å². The van der Waals surface area contributed by atoms with Crippen LogP contribution in [0, 0.1) is 10.1 Å². The van der Waals surface area contributed by atoms with Gasteiger partial charge in [-0.15, -0.1) is 11.3 Å². The summed E-state index contributed by atoms with van der Waals surface area (Å²) in [7, 11) is 0. The summed E-state index contributed by atoms with van der Waals surface area (Å²) < 4.78 is 2.08. The molecule has 0 fully saturated rings. The van der Waals surface area contributed by atoms with E-state index in [1.807, 2.05) is 12.1 Å². The lowest BCUT2D eigenvalue weighted by molar-refractivity contribution is -0.384. The predicted molar refractivity (Wildman–Crippen MR) is 63.8 cm³/mol. The standard InChI is InChI=1S/C11H6N2O2S/c14-13(15)7-3-4-9-8(6-7)11-10(16-9)2-1-5-12-11/h1-6H. The first kappa shape index (κ1) is 9.23. The molecule has 1 aromatic carbocycles. The molecule has 0 aliphatic rings. The molecule has 0 aliphatic carbocycles. The van der Waals surface area contributed by atoms with E-state index in [4.69, 9.17) is 0 Å².